The van der Waals surface area contributed by atoms with Crippen molar-refractivity contribution in [1.82, 2.24) is 9.29 Å². The Morgan fingerprint density at radius 1 is 1.25 bits per heavy atom. The molecule has 1 aromatic rings. The number of nitrogens with two attached hydrogens (primary N) is 1. The van der Waals surface area contributed by atoms with Gasteiger partial charge in [-0.2, -0.15) is 4.31 Å². The molecule has 6 heteroatoms. The van der Waals surface area contributed by atoms with Gasteiger partial charge in [-0.1, -0.05) is 6.42 Å². The zero-order valence-electron chi connectivity index (χ0n) is 8.96. The Hall–Kier alpha value is -1.14. The SMILES string of the molecule is Nc1ccncc1S(=O)(=O)N1CCCCC1. The monoisotopic (exact) mass is 241 g/mol. The van der Waals surface area contributed by atoms with E-state index >= 15 is 0 Å². The Labute approximate surface area is 95.3 Å². The Kier molecular flexibility index (Phi) is 3.11. The average molecular weight is 241 g/mol. The molecule has 0 bridgehead atoms. The predicted molar refractivity (Wildman–Crippen MR) is 61.3 cm³/mol. The first kappa shape index (κ1) is 11.3. The molecule has 0 aromatic carbocycles. The maximum Gasteiger partial charge on any atom is 0.246 e. The number of nitrogen functional groups attached to an aromatic ring is 1. The van der Waals surface area contributed by atoms with Gasteiger partial charge in [-0.3, -0.25) is 4.98 Å². The number of aromatic nitrogens is 1. The van der Waals surface area contributed by atoms with Gasteiger partial charge in [-0.25, -0.2) is 8.42 Å². The zero-order valence-corrected chi connectivity index (χ0v) is 9.78. The molecule has 0 aliphatic carbocycles. The number of nitrogens with zero attached hydrogens (tertiary/aromatic N) is 2. The third-order valence-corrected chi connectivity index (χ3v) is 4.69. The molecule has 88 valence electrons. The zero-order chi connectivity index (χ0) is 11.6. The molecule has 1 aliphatic heterocycles. The summed E-state index contributed by atoms with van der Waals surface area (Å²) in [6.07, 6.45) is 5.73. The third-order valence-electron chi connectivity index (χ3n) is 2.75. The van der Waals surface area contributed by atoms with E-state index in [2.05, 4.69) is 4.98 Å². The van der Waals surface area contributed by atoms with Crippen molar-refractivity contribution in [2.75, 3.05) is 18.8 Å². The van der Waals surface area contributed by atoms with E-state index in [0.717, 1.165) is 19.3 Å². The van der Waals surface area contributed by atoms with Crippen LogP contribution in [0.5, 0.6) is 0 Å². The highest BCUT2D eigenvalue weighted by atomic mass is 32.2. The van der Waals surface area contributed by atoms with Crippen LogP contribution in [0.4, 0.5) is 5.69 Å². The average Bonchev–Trinajstić information content (AvgIpc) is 2.30. The Bertz CT molecular complexity index is 467. The minimum absolute atomic E-state index is 0.122. The van der Waals surface area contributed by atoms with Gasteiger partial charge < -0.3 is 5.73 Å². The van der Waals surface area contributed by atoms with Crippen LogP contribution in [0.1, 0.15) is 19.3 Å². The predicted octanol–water partition coefficient (Wildman–Crippen LogP) is 0.838. The van der Waals surface area contributed by atoms with Gasteiger partial charge in [0.2, 0.25) is 10.0 Å². The maximum absolute atomic E-state index is 12.2. The number of anilines is 1. The van der Waals surface area contributed by atoms with Crippen LogP contribution in [0.3, 0.4) is 0 Å². The molecule has 0 unspecified atom stereocenters. The summed E-state index contributed by atoms with van der Waals surface area (Å²) in [6, 6.07) is 1.51. The van der Waals surface area contributed by atoms with E-state index in [0.29, 0.717) is 13.1 Å². The van der Waals surface area contributed by atoms with Gasteiger partial charge in [0.25, 0.3) is 0 Å². The fourth-order valence-electron chi connectivity index (χ4n) is 1.85. The van der Waals surface area contributed by atoms with Gasteiger partial charge in [-0.05, 0) is 18.9 Å². The molecule has 1 saturated heterocycles. The summed E-state index contributed by atoms with van der Waals surface area (Å²) in [5, 5.41) is 0. The second-order valence-electron chi connectivity index (χ2n) is 3.88. The summed E-state index contributed by atoms with van der Waals surface area (Å²) in [5.74, 6) is 0. The van der Waals surface area contributed by atoms with Crippen molar-refractivity contribution >= 4 is 15.7 Å². The first-order valence-electron chi connectivity index (χ1n) is 5.32. The van der Waals surface area contributed by atoms with E-state index < -0.39 is 10.0 Å². The van der Waals surface area contributed by atoms with Gasteiger partial charge >= 0.3 is 0 Å². The van der Waals surface area contributed by atoms with Crippen molar-refractivity contribution < 1.29 is 8.42 Å². The van der Waals surface area contributed by atoms with E-state index in [4.69, 9.17) is 5.73 Å². The van der Waals surface area contributed by atoms with E-state index in [1.54, 1.807) is 0 Å². The molecule has 0 spiro atoms. The highest BCUT2D eigenvalue weighted by Gasteiger charge is 2.27. The van der Waals surface area contributed by atoms with E-state index in [1.807, 2.05) is 0 Å². The summed E-state index contributed by atoms with van der Waals surface area (Å²) < 4.78 is 25.9. The summed E-state index contributed by atoms with van der Waals surface area (Å²) in [7, 11) is -3.45. The molecule has 2 N–H and O–H groups in total. The first-order chi connectivity index (χ1) is 7.62. The Morgan fingerprint density at radius 3 is 2.56 bits per heavy atom. The Balaban J connectivity index is 2.35. The first-order valence-corrected chi connectivity index (χ1v) is 6.76. The molecule has 5 nitrogen and oxygen atoms in total. The van der Waals surface area contributed by atoms with Gasteiger partial charge in [-0.15, -0.1) is 0 Å². The fraction of sp³-hybridized carbons (Fsp3) is 0.500. The quantitative estimate of drug-likeness (QED) is 0.832. The third kappa shape index (κ3) is 2.03. The molecule has 1 aliphatic rings. The maximum atomic E-state index is 12.2. The number of pyridine rings is 1. The largest absolute Gasteiger partial charge is 0.398 e. The van der Waals surface area contributed by atoms with Crippen LogP contribution in [0.2, 0.25) is 0 Å². The Morgan fingerprint density at radius 2 is 1.94 bits per heavy atom. The van der Waals surface area contributed by atoms with Crippen molar-refractivity contribution in [3.63, 3.8) is 0 Å². The van der Waals surface area contributed by atoms with Gasteiger partial charge in [0, 0.05) is 25.5 Å². The van der Waals surface area contributed by atoms with Crippen LogP contribution in [-0.2, 0) is 10.0 Å². The minimum atomic E-state index is -3.45. The van der Waals surface area contributed by atoms with Crippen LogP contribution >= 0.6 is 0 Å². The smallest absolute Gasteiger partial charge is 0.246 e. The molecular formula is C10H15N3O2S. The second kappa shape index (κ2) is 4.39. The van der Waals surface area contributed by atoms with E-state index in [9.17, 15) is 8.42 Å². The number of hydrogen-bond donors (Lipinski definition) is 1. The number of piperidine rings is 1. The standard InChI is InChI=1S/C10H15N3O2S/c11-9-4-5-12-8-10(9)16(14,15)13-6-2-1-3-7-13/h4-5,8H,1-3,6-7H2,(H2,11,12). The fourth-order valence-corrected chi connectivity index (χ4v) is 3.43. The number of hydrogen-bond acceptors (Lipinski definition) is 4. The summed E-state index contributed by atoms with van der Waals surface area (Å²) in [4.78, 5) is 3.94. The molecule has 16 heavy (non-hydrogen) atoms. The van der Waals surface area contributed by atoms with Gasteiger partial charge in [0.15, 0.2) is 0 Å². The molecule has 1 aromatic heterocycles. The second-order valence-corrected chi connectivity index (χ2v) is 5.78. The molecular weight excluding hydrogens is 226 g/mol. The lowest BCUT2D eigenvalue weighted by Crippen LogP contribution is -2.36. The topological polar surface area (TPSA) is 76.3 Å². The highest BCUT2D eigenvalue weighted by Crippen LogP contribution is 2.23. The van der Waals surface area contributed by atoms with E-state index in [1.165, 1.54) is 22.8 Å². The van der Waals surface area contributed by atoms with Gasteiger partial charge in [0.1, 0.15) is 4.90 Å². The summed E-state index contributed by atoms with van der Waals surface area (Å²) in [6.45, 7) is 1.16. The van der Waals surface area contributed by atoms with Crippen LogP contribution < -0.4 is 5.73 Å². The molecule has 0 radical (unpaired) electrons. The van der Waals surface area contributed by atoms with Crippen molar-refractivity contribution in [1.29, 1.82) is 0 Å². The normalized spacial score (nSPS) is 18.5. The van der Waals surface area contributed by atoms with Crippen LogP contribution in [0.25, 0.3) is 0 Å². The molecule has 0 saturated carbocycles. The lowest BCUT2D eigenvalue weighted by Gasteiger charge is -2.26. The van der Waals surface area contributed by atoms with Crippen LogP contribution in [0, 0.1) is 0 Å². The van der Waals surface area contributed by atoms with Crippen molar-refractivity contribution in [2.45, 2.75) is 24.2 Å². The van der Waals surface area contributed by atoms with Crippen molar-refractivity contribution in [2.24, 2.45) is 0 Å². The molecule has 2 heterocycles. The minimum Gasteiger partial charge on any atom is -0.398 e. The summed E-state index contributed by atoms with van der Waals surface area (Å²) >= 11 is 0. The van der Waals surface area contributed by atoms with Crippen molar-refractivity contribution in [3.8, 4) is 0 Å². The van der Waals surface area contributed by atoms with Crippen LogP contribution in [-0.4, -0.2) is 30.8 Å². The van der Waals surface area contributed by atoms with Crippen LogP contribution in [0.15, 0.2) is 23.4 Å². The van der Waals surface area contributed by atoms with Gasteiger partial charge in [0.05, 0.1) is 5.69 Å². The molecule has 0 amide bonds. The number of rotatable bonds is 2. The number of sulfonamides is 1. The molecule has 0 atom stereocenters. The van der Waals surface area contributed by atoms with Crippen molar-refractivity contribution in [3.05, 3.63) is 18.5 Å². The lowest BCUT2D eigenvalue weighted by atomic mass is 10.2. The van der Waals surface area contributed by atoms with E-state index in [-0.39, 0.29) is 10.6 Å². The lowest BCUT2D eigenvalue weighted by molar-refractivity contribution is 0.346. The molecule has 2 rings (SSSR count). The highest BCUT2D eigenvalue weighted by molar-refractivity contribution is 7.89. The molecule has 1 fully saturated rings. The summed E-state index contributed by atoms with van der Waals surface area (Å²) in [5.41, 5.74) is 5.93.